The summed E-state index contributed by atoms with van der Waals surface area (Å²) < 4.78 is 1.39. The molecule has 0 unspecified atom stereocenters. The molecule has 106 valence electrons. The molecule has 2 N–H and O–H groups in total. The lowest BCUT2D eigenvalue weighted by atomic mass is 10.1. The smallest absolute Gasteiger partial charge is 0.286 e. The van der Waals surface area contributed by atoms with Gasteiger partial charge in [0.1, 0.15) is 0 Å². The number of carbonyl (C=O) groups is 1. The van der Waals surface area contributed by atoms with Crippen LogP contribution < -0.4 is 5.73 Å². The average Bonchev–Trinajstić information content (AvgIpc) is 2.79. The molecule has 3 rings (SSSR count). The maximum absolute atomic E-state index is 11.2. The lowest BCUT2D eigenvalue weighted by Gasteiger charge is -2.01. The molecule has 0 bridgehead atoms. The average molecular weight is 302 g/mol. The molecule has 21 heavy (non-hydrogen) atoms. The fourth-order valence-electron chi connectivity index (χ4n) is 2.17. The van der Waals surface area contributed by atoms with Gasteiger partial charge in [0.15, 0.2) is 5.82 Å². The lowest BCUT2D eigenvalue weighted by molar-refractivity contribution is 0.0986. The molecule has 0 saturated carbocycles. The topological polar surface area (TPSA) is 86.7 Å². The Bertz CT molecular complexity index is 842. The van der Waals surface area contributed by atoms with Crippen LogP contribution >= 0.6 is 11.6 Å². The third-order valence-electron chi connectivity index (χ3n) is 3.10. The number of fused-ring (bicyclic) bond motifs is 1. The summed E-state index contributed by atoms with van der Waals surface area (Å²) in [5.41, 5.74) is 7.11. The first kappa shape index (κ1) is 13.5. The zero-order valence-electron chi connectivity index (χ0n) is 11.2. The number of aryl methyl sites for hydroxylation is 1. The molecule has 0 radical (unpaired) electrons. The summed E-state index contributed by atoms with van der Waals surface area (Å²) in [4.78, 5) is 19.6. The van der Waals surface area contributed by atoms with Crippen LogP contribution in [0.1, 0.15) is 22.0 Å². The van der Waals surface area contributed by atoms with Crippen molar-refractivity contribution in [3.05, 3.63) is 52.7 Å². The lowest BCUT2D eigenvalue weighted by Crippen LogP contribution is -2.16. The number of carbonyl (C=O) groups excluding carboxylic acids is 1. The summed E-state index contributed by atoms with van der Waals surface area (Å²) in [6.45, 7) is 0. The van der Waals surface area contributed by atoms with E-state index in [-0.39, 0.29) is 5.82 Å². The van der Waals surface area contributed by atoms with E-state index in [1.807, 2.05) is 24.3 Å². The molecule has 0 spiro atoms. The van der Waals surface area contributed by atoms with Crippen LogP contribution in [0.15, 0.2) is 30.5 Å². The van der Waals surface area contributed by atoms with Crippen LogP contribution in [0.2, 0.25) is 5.02 Å². The summed E-state index contributed by atoms with van der Waals surface area (Å²) in [6, 6.07) is 7.70. The third-order valence-corrected chi connectivity index (χ3v) is 3.31. The van der Waals surface area contributed by atoms with Crippen molar-refractivity contribution in [1.29, 1.82) is 0 Å². The molecule has 1 aromatic carbocycles. The molecule has 0 aliphatic heterocycles. The van der Waals surface area contributed by atoms with Gasteiger partial charge in [-0.15, -0.1) is 0 Å². The van der Waals surface area contributed by atoms with E-state index < -0.39 is 5.91 Å². The van der Waals surface area contributed by atoms with Crippen molar-refractivity contribution >= 4 is 28.4 Å². The van der Waals surface area contributed by atoms with Gasteiger partial charge in [-0.05, 0) is 23.8 Å². The van der Waals surface area contributed by atoms with Gasteiger partial charge in [-0.1, -0.05) is 17.7 Å². The van der Waals surface area contributed by atoms with E-state index in [9.17, 15) is 4.79 Å². The molecular weight excluding hydrogens is 290 g/mol. The summed E-state index contributed by atoms with van der Waals surface area (Å²) in [5.74, 6) is 0.0990. The van der Waals surface area contributed by atoms with Gasteiger partial charge in [0.05, 0.1) is 10.5 Å². The zero-order valence-corrected chi connectivity index (χ0v) is 12.0. The van der Waals surface area contributed by atoms with Crippen LogP contribution in [-0.2, 0) is 13.5 Å². The predicted molar refractivity (Wildman–Crippen MR) is 79.1 cm³/mol. The van der Waals surface area contributed by atoms with E-state index in [2.05, 4.69) is 15.1 Å². The Labute approximate surface area is 125 Å². The summed E-state index contributed by atoms with van der Waals surface area (Å²) in [5, 5.41) is 5.73. The van der Waals surface area contributed by atoms with Gasteiger partial charge in [0.2, 0.25) is 5.82 Å². The Balaban J connectivity index is 1.94. The minimum absolute atomic E-state index is 0.149. The van der Waals surface area contributed by atoms with Crippen molar-refractivity contribution in [2.75, 3.05) is 0 Å². The molecule has 0 saturated heterocycles. The van der Waals surface area contributed by atoms with Crippen LogP contribution in [-0.4, -0.2) is 25.7 Å². The molecule has 0 atom stereocenters. The van der Waals surface area contributed by atoms with Crippen LogP contribution in [0, 0.1) is 0 Å². The minimum atomic E-state index is -0.592. The molecule has 0 fully saturated rings. The molecule has 1 amide bonds. The maximum atomic E-state index is 11.2. The fourth-order valence-corrected chi connectivity index (χ4v) is 2.34. The van der Waals surface area contributed by atoms with E-state index in [0.717, 1.165) is 16.5 Å². The number of halogens is 1. The van der Waals surface area contributed by atoms with Crippen molar-refractivity contribution in [1.82, 2.24) is 19.7 Å². The second kappa shape index (κ2) is 5.14. The van der Waals surface area contributed by atoms with Crippen LogP contribution in [0.4, 0.5) is 0 Å². The number of nitrogens with zero attached hydrogens (tertiary/aromatic N) is 4. The Morgan fingerprint density at radius 2 is 2.19 bits per heavy atom. The van der Waals surface area contributed by atoms with Crippen molar-refractivity contribution in [2.45, 2.75) is 6.42 Å². The predicted octanol–water partition coefficient (Wildman–Crippen LogP) is 1.71. The van der Waals surface area contributed by atoms with E-state index in [1.165, 1.54) is 4.68 Å². The summed E-state index contributed by atoms with van der Waals surface area (Å²) in [7, 11) is 1.64. The molecule has 0 aliphatic rings. The normalized spacial score (nSPS) is 11.0. The molecular formula is C14H12ClN5O. The third kappa shape index (κ3) is 2.71. The standard InChI is InChI=1S/C14H12ClN5O/c1-20-14(13(16)21)18-12(19-20)5-8-2-3-11-9(4-8)6-10(15)7-17-11/h2-4,6-7H,5H2,1H3,(H2,16,21). The van der Waals surface area contributed by atoms with Gasteiger partial charge in [-0.25, -0.2) is 9.67 Å². The summed E-state index contributed by atoms with van der Waals surface area (Å²) in [6.07, 6.45) is 2.12. The second-order valence-corrected chi connectivity index (χ2v) is 5.13. The molecule has 6 nitrogen and oxygen atoms in total. The molecule has 7 heteroatoms. The Kier molecular flexibility index (Phi) is 3.31. The fraction of sp³-hybridized carbons (Fsp3) is 0.143. The monoisotopic (exact) mass is 301 g/mol. The Morgan fingerprint density at radius 1 is 1.38 bits per heavy atom. The van der Waals surface area contributed by atoms with Gasteiger partial charge >= 0.3 is 0 Å². The SMILES string of the molecule is Cn1nc(Cc2ccc3ncc(Cl)cc3c2)nc1C(N)=O. The molecule has 2 heterocycles. The van der Waals surface area contributed by atoms with Crippen molar-refractivity contribution < 1.29 is 4.79 Å². The highest BCUT2D eigenvalue weighted by molar-refractivity contribution is 6.31. The number of primary amides is 1. The highest BCUT2D eigenvalue weighted by atomic mass is 35.5. The van der Waals surface area contributed by atoms with Gasteiger partial charge in [-0.3, -0.25) is 9.78 Å². The van der Waals surface area contributed by atoms with Crippen molar-refractivity contribution in [3.63, 3.8) is 0 Å². The number of rotatable bonds is 3. The van der Waals surface area contributed by atoms with Crippen molar-refractivity contribution in [3.8, 4) is 0 Å². The number of amides is 1. The first-order valence-corrected chi connectivity index (χ1v) is 6.64. The molecule has 0 aliphatic carbocycles. The number of nitrogens with two attached hydrogens (primary N) is 1. The van der Waals surface area contributed by atoms with E-state index >= 15 is 0 Å². The van der Waals surface area contributed by atoms with Crippen molar-refractivity contribution in [2.24, 2.45) is 12.8 Å². The number of benzene rings is 1. The van der Waals surface area contributed by atoms with Gasteiger partial charge in [-0.2, -0.15) is 5.10 Å². The quantitative estimate of drug-likeness (QED) is 0.798. The van der Waals surface area contributed by atoms with Gasteiger partial charge in [0, 0.05) is 25.1 Å². The molecule has 2 aromatic heterocycles. The highest BCUT2D eigenvalue weighted by Gasteiger charge is 2.12. The zero-order chi connectivity index (χ0) is 15.0. The van der Waals surface area contributed by atoms with E-state index in [1.54, 1.807) is 13.2 Å². The minimum Gasteiger partial charge on any atom is -0.363 e. The molecule has 3 aromatic rings. The first-order valence-electron chi connectivity index (χ1n) is 6.27. The van der Waals surface area contributed by atoms with E-state index in [0.29, 0.717) is 17.3 Å². The highest BCUT2D eigenvalue weighted by Crippen LogP contribution is 2.19. The number of hydrogen-bond acceptors (Lipinski definition) is 4. The van der Waals surface area contributed by atoms with Crippen LogP contribution in [0.5, 0.6) is 0 Å². The second-order valence-electron chi connectivity index (χ2n) is 4.70. The Morgan fingerprint density at radius 3 is 2.90 bits per heavy atom. The van der Waals surface area contributed by atoms with Crippen LogP contribution in [0.25, 0.3) is 10.9 Å². The first-order chi connectivity index (χ1) is 10.0. The van der Waals surface area contributed by atoms with Gasteiger partial charge in [0.25, 0.3) is 5.91 Å². The number of pyridine rings is 1. The summed E-state index contributed by atoms with van der Waals surface area (Å²) >= 11 is 5.95. The maximum Gasteiger partial charge on any atom is 0.286 e. The number of hydrogen-bond donors (Lipinski definition) is 1. The van der Waals surface area contributed by atoms with Gasteiger partial charge < -0.3 is 5.73 Å². The van der Waals surface area contributed by atoms with E-state index in [4.69, 9.17) is 17.3 Å². The van der Waals surface area contributed by atoms with Crippen LogP contribution in [0.3, 0.4) is 0 Å². The largest absolute Gasteiger partial charge is 0.363 e. The Hall–Kier alpha value is -2.47. The number of aromatic nitrogens is 4.